The molecule has 3 unspecified atom stereocenters. The molecule has 0 amide bonds. The average molecular weight is 327 g/mol. The molecule has 19 heavy (non-hydrogen) atoms. The molecule has 0 aliphatic heterocycles. The van der Waals surface area contributed by atoms with Crippen molar-refractivity contribution in [3.05, 3.63) is 29.3 Å². The fourth-order valence-electron chi connectivity index (χ4n) is 2.43. The number of hydrogen-bond acceptors (Lipinski definition) is 2. The molecule has 0 aromatic heterocycles. The minimum absolute atomic E-state index is 0.170. The van der Waals surface area contributed by atoms with E-state index in [0.29, 0.717) is 10.7 Å². The Morgan fingerprint density at radius 2 is 2.11 bits per heavy atom. The fourth-order valence-corrected chi connectivity index (χ4v) is 3.29. The summed E-state index contributed by atoms with van der Waals surface area (Å²) in [5.74, 6) is 1.49. The van der Waals surface area contributed by atoms with Crippen LogP contribution in [0.2, 0.25) is 0 Å². The molecular weight excluding hydrogens is 304 g/mol. The molecule has 1 saturated carbocycles. The second-order valence-electron chi connectivity index (χ2n) is 5.52. The van der Waals surface area contributed by atoms with Crippen LogP contribution in [0.25, 0.3) is 0 Å². The van der Waals surface area contributed by atoms with Crippen LogP contribution in [0, 0.1) is 6.92 Å². The first-order chi connectivity index (χ1) is 9.02. The Balaban J connectivity index is 2.12. The van der Waals surface area contributed by atoms with Crippen molar-refractivity contribution in [3.63, 3.8) is 0 Å². The summed E-state index contributed by atoms with van der Waals surface area (Å²) >= 11 is 3.64. The Labute approximate surface area is 124 Å². The van der Waals surface area contributed by atoms with E-state index in [1.165, 1.54) is 11.1 Å². The molecule has 0 bridgehead atoms. The summed E-state index contributed by atoms with van der Waals surface area (Å²) < 4.78 is 11.9. The zero-order valence-electron chi connectivity index (χ0n) is 12.2. The van der Waals surface area contributed by atoms with E-state index >= 15 is 0 Å². The van der Waals surface area contributed by atoms with Gasteiger partial charge in [0.25, 0.3) is 0 Å². The van der Waals surface area contributed by atoms with Gasteiger partial charge in [-0.25, -0.2) is 0 Å². The van der Waals surface area contributed by atoms with Gasteiger partial charge in [-0.05, 0) is 37.0 Å². The van der Waals surface area contributed by atoms with Crippen molar-refractivity contribution in [3.8, 4) is 5.75 Å². The highest BCUT2D eigenvalue weighted by molar-refractivity contribution is 9.09. The first-order valence-corrected chi connectivity index (χ1v) is 7.97. The third-order valence-electron chi connectivity index (χ3n) is 3.61. The zero-order chi connectivity index (χ0) is 14.0. The first kappa shape index (κ1) is 14.9. The van der Waals surface area contributed by atoms with E-state index in [1.54, 1.807) is 0 Å². The number of aryl methyl sites for hydroxylation is 1. The molecule has 0 spiro atoms. The summed E-state index contributed by atoms with van der Waals surface area (Å²) in [6.45, 7) is 9.26. The van der Waals surface area contributed by atoms with Gasteiger partial charge in [-0.2, -0.15) is 0 Å². The van der Waals surface area contributed by atoms with Crippen LogP contribution in [0.5, 0.6) is 5.75 Å². The second kappa shape index (κ2) is 6.27. The van der Waals surface area contributed by atoms with Crippen molar-refractivity contribution in [2.45, 2.75) is 57.1 Å². The number of rotatable bonds is 5. The zero-order valence-corrected chi connectivity index (χ0v) is 13.7. The highest BCUT2D eigenvalue weighted by atomic mass is 79.9. The predicted octanol–water partition coefficient (Wildman–Crippen LogP) is 4.44. The quantitative estimate of drug-likeness (QED) is 0.745. The van der Waals surface area contributed by atoms with Gasteiger partial charge in [0.15, 0.2) is 0 Å². The molecule has 0 N–H and O–H groups in total. The van der Waals surface area contributed by atoms with E-state index in [0.717, 1.165) is 18.8 Å². The molecule has 1 fully saturated rings. The van der Waals surface area contributed by atoms with Gasteiger partial charge in [-0.15, -0.1) is 0 Å². The Hall–Kier alpha value is -0.540. The van der Waals surface area contributed by atoms with E-state index in [1.807, 2.05) is 6.92 Å². The van der Waals surface area contributed by atoms with E-state index in [-0.39, 0.29) is 12.2 Å². The van der Waals surface area contributed by atoms with Crippen molar-refractivity contribution in [2.24, 2.45) is 0 Å². The summed E-state index contributed by atoms with van der Waals surface area (Å²) in [6, 6.07) is 6.46. The standard InChI is InChI=1S/C16H23BrO2/c1-5-18-16-13(17)9-15(16)19-14-8-11(4)6-7-12(14)10(2)3/h6-8,10,13,15-16H,5,9H2,1-4H3. The lowest BCUT2D eigenvalue weighted by Gasteiger charge is -2.41. The van der Waals surface area contributed by atoms with Gasteiger partial charge in [-0.3, -0.25) is 0 Å². The van der Waals surface area contributed by atoms with Gasteiger partial charge >= 0.3 is 0 Å². The van der Waals surface area contributed by atoms with E-state index in [2.05, 4.69) is 54.9 Å². The molecule has 1 aliphatic carbocycles. The predicted molar refractivity (Wildman–Crippen MR) is 82.4 cm³/mol. The molecule has 2 rings (SSSR count). The second-order valence-corrected chi connectivity index (χ2v) is 6.70. The van der Waals surface area contributed by atoms with Crippen molar-refractivity contribution in [1.82, 2.24) is 0 Å². The molecule has 1 aliphatic rings. The topological polar surface area (TPSA) is 18.5 Å². The van der Waals surface area contributed by atoms with Gasteiger partial charge in [-0.1, -0.05) is 41.9 Å². The van der Waals surface area contributed by atoms with Crippen LogP contribution in [0.15, 0.2) is 18.2 Å². The van der Waals surface area contributed by atoms with Crippen LogP contribution < -0.4 is 4.74 Å². The van der Waals surface area contributed by atoms with Crippen LogP contribution in [0.3, 0.4) is 0 Å². The average Bonchev–Trinajstić information content (AvgIpc) is 2.35. The Bertz CT molecular complexity index is 431. The maximum absolute atomic E-state index is 6.20. The Morgan fingerprint density at radius 3 is 2.68 bits per heavy atom. The van der Waals surface area contributed by atoms with E-state index in [4.69, 9.17) is 9.47 Å². The molecule has 0 radical (unpaired) electrons. The van der Waals surface area contributed by atoms with Gasteiger partial charge in [0.2, 0.25) is 0 Å². The lowest BCUT2D eigenvalue weighted by molar-refractivity contribution is -0.0726. The van der Waals surface area contributed by atoms with Crippen LogP contribution in [0.1, 0.15) is 44.2 Å². The monoisotopic (exact) mass is 326 g/mol. The molecule has 0 saturated heterocycles. The van der Waals surface area contributed by atoms with E-state index < -0.39 is 0 Å². The largest absolute Gasteiger partial charge is 0.487 e. The summed E-state index contributed by atoms with van der Waals surface area (Å²) in [7, 11) is 0. The molecule has 3 heteroatoms. The molecular formula is C16H23BrO2. The maximum atomic E-state index is 6.20. The molecule has 0 heterocycles. The fraction of sp³-hybridized carbons (Fsp3) is 0.625. The molecule has 1 aromatic carbocycles. The summed E-state index contributed by atoms with van der Waals surface area (Å²) in [5, 5.41) is 0. The lowest BCUT2D eigenvalue weighted by Crippen LogP contribution is -2.52. The summed E-state index contributed by atoms with van der Waals surface area (Å²) in [4.78, 5) is 0.421. The third-order valence-corrected chi connectivity index (χ3v) is 4.50. The van der Waals surface area contributed by atoms with Gasteiger partial charge in [0.05, 0.1) is 0 Å². The third kappa shape index (κ3) is 3.32. The Morgan fingerprint density at radius 1 is 1.37 bits per heavy atom. The number of halogens is 1. The maximum Gasteiger partial charge on any atom is 0.127 e. The number of ether oxygens (including phenoxy) is 2. The van der Waals surface area contributed by atoms with Crippen molar-refractivity contribution >= 4 is 15.9 Å². The number of benzene rings is 1. The van der Waals surface area contributed by atoms with Crippen LogP contribution >= 0.6 is 15.9 Å². The van der Waals surface area contributed by atoms with Crippen molar-refractivity contribution in [2.75, 3.05) is 6.61 Å². The van der Waals surface area contributed by atoms with Crippen LogP contribution in [0.4, 0.5) is 0 Å². The van der Waals surface area contributed by atoms with Gasteiger partial charge < -0.3 is 9.47 Å². The first-order valence-electron chi connectivity index (χ1n) is 7.05. The molecule has 1 aromatic rings. The SMILES string of the molecule is CCOC1C(Br)CC1Oc1cc(C)ccc1C(C)C. The van der Waals surface area contributed by atoms with E-state index in [9.17, 15) is 0 Å². The molecule has 2 nitrogen and oxygen atoms in total. The van der Waals surface area contributed by atoms with Gasteiger partial charge in [0, 0.05) is 17.9 Å². The molecule has 3 atom stereocenters. The van der Waals surface area contributed by atoms with Crippen molar-refractivity contribution in [1.29, 1.82) is 0 Å². The minimum atomic E-state index is 0.170. The minimum Gasteiger partial charge on any atom is -0.487 e. The Kier molecular flexibility index (Phi) is 4.91. The summed E-state index contributed by atoms with van der Waals surface area (Å²) in [6.07, 6.45) is 1.35. The summed E-state index contributed by atoms with van der Waals surface area (Å²) in [5.41, 5.74) is 2.51. The normalized spacial score (nSPS) is 26.3. The molecule has 106 valence electrons. The highest BCUT2D eigenvalue weighted by Gasteiger charge is 2.42. The van der Waals surface area contributed by atoms with Gasteiger partial charge in [0.1, 0.15) is 18.0 Å². The van der Waals surface area contributed by atoms with Crippen molar-refractivity contribution < 1.29 is 9.47 Å². The number of hydrogen-bond donors (Lipinski definition) is 0. The highest BCUT2D eigenvalue weighted by Crippen LogP contribution is 2.36. The van der Waals surface area contributed by atoms with Crippen LogP contribution in [-0.4, -0.2) is 23.6 Å². The number of alkyl halides is 1. The van der Waals surface area contributed by atoms with Crippen LogP contribution in [-0.2, 0) is 4.74 Å². The smallest absolute Gasteiger partial charge is 0.127 e. The lowest BCUT2D eigenvalue weighted by atomic mass is 9.91.